The first-order valence-electron chi connectivity index (χ1n) is 8.35. The summed E-state index contributed by atoms with van der Waals surface area (Å²) in [6.07, 6.45) is 2.58. The fourth-order valence-electron chi connectivity index (χ4n) is 3.14. The van der Waals surface area contributed by atoms with Crippen LogP contribution in [0.2, 0.25) is 0 Å². The number of piperidine rings is 1. The van der Waals surface area contributed by atoms with E-state index in [9.17, 15) is 4.79 Å². The molecule has 24 heavy (non-hydrogen) atoms. The van der Waals surface area contributed by atoms with Gasteiger partial charge in [0.05, 0.1) is 6.42 Å². The summed E-state index contributed by atoms with van der Waals surface area (Å²) >= 11 is 0. The van der Waals surface area contributed by atoms with Crippen molar-refractivity contribution in [1.82, 2.24) is 10.2 Å². The molecular formula is C20H25ClN2O. The van der Waals surface area contributed by atoms with Gasteiger partial charge in [-0.05, 0) is 42.6 Å². The Morgan fingerprint density at radius 1 is 1.00 bits per heavy atom. The average molecular weight is 345 g/mol. The van der Waals surface area contributed by atoms with Gasteiger partial charge in [0.2, 0.25) is 5.91 Å². The van der Waals surface area contributed by atoms with E-state index in [0.29, 0.717) is 12.5 Å². The van der Waals surface area contributed by atoms with Crippen LogP contribution in [-0.4, -0.2) is 37.0 Å². The smallest absolute Gasteiger partial charge is 0.226 e. The molecule has 1 heterocycles. The van der Waals surface area contributed by atoms with Gasteiger partial charge in [-0.2, -0.15) is 0 Å². The van der Waals surface area contributed by atoms with Gasteiger partial charge >= 0.3 is 0 Å². The zero-order chi connectivity index (χ0) is 16.1. The molecule has 0 spiro atoms. The lowest BCUT2D eigenvalue weighted by Crippen LogP contribution is -2.44. The number of likely N-dealkylation sites (N-methyl/N-ethyl adjacent to an activating group) is 1. The maximum absolute atomic E-state index is 12.5. The standard InChI is InChI=1S/C20H24N2O.ClH/c1-22(19-11-13-21-14-12-19)20(23)15-16-7-9-18(10-8-16)17-5-3-2-4-6-17;/h2-10,19,21H,11-15H2,1H3;1H. The van der Waals surface area contributed by atoms with Crippen molar-refractivity contribution in [2.24, 2.45) is 0 Å². The molecule has 3 rings (SSSR count). The highest BCUT2D eigenvalue weighted by molar-refractivity contribution is 5.85. The molecule has 2 aromatic rings. The SMILES string of the molecule is CN(C(=O)Cc1ccc(-c2ccccc2)cc1)C1CCNCC1.Cl. The van der Waals surface area contributed by atoms with Gasteiger partial charge in [0.25, 0.3) is 0 Å². The van der Waals surface area contributed by atoms with Gasteiger partial charge in [-0.3, -0.25) is 4.79 Å². The molecule has 0 atom stereocenters. The van der Waals surface area contributed by atoms with Crippen LogP contribution in [-0.2, 0) is 11.2 Å². The van der Waals surface area contributed by atoms with Crippen LogP contribution in [0.25, 0.3) is 11.1 Å². The highest BCUT2D eigenvalue weighted by atomic mass is 35.5. The third-order valence-corrected chi connectivity index (χ3v) is 4.67. The van der Waals surface area contributed by atoms with Gasteiger partial charge in [-0.1, -0.05) is 54.6 Å². The monoisotopic (exact) mass is 344 g/mol. The van der Waals surface area contributed by atoms with Crippen molar-refractivity contribution in [2.75, 3.05) is 20.1 Å². The zero-order valence-corrected chi connectivity index (χ0v) is 14.9. The molecule has 0 radical (unpaired) electrons. The fraction of sp³-hybridized carbons (Fsp3) is 0.350. The number of carbonyl (C=O) groups excluding carboxylic acids is 1. The number of amides is 1. The van der Waals surface area contributed by atoms with Crippen LogP contribution in [0.3, 0.4) is 0 Å². The van der Waals surface area contributed by atoms with E-state index in [1.807, 2.05) is 30.1 Å². The number of nitrogens with one attached hydrogen (secondary N) is 1. The minimum Gasteiger partial charge on any atom is -0.342 e. The van der Waals surface area contributed by atoms with Crippen molar-refractivity contribution in [1.29, 1.82) is 0 Å². The van der Waals surface area contributed by atoms with Crippen molar-refractivity contribution in [3.63, 3.8) is 0 Å². The molecule has 1 amide bonds. The summed E-state index contributed by atoms with van der Waals surface area (Å²) in [6, 6.07) is 19.0. The predicted molar refractivity (Wildman–Crippen MR) is 101 cm³/mol. The third kappa shape index (κ3) is 4.59. The Bertz CT molecular complexity index is 636. The van der Waals surface area contributed by atoms with Crippen LogP contribution >= 0.6 is 12.4 Å². The molecule has 4 heteroatoms. The Labute approximate surface area is 150 Å². The largest absolute Gasteiger partial charge is 0.342 e. The lowest BCUT2D eigenvalue weighted by Gasteiger charge is -2.31. The van der Waals surface area contributed by atoms with Crippen molar-refractivity contribution < 1.29 is 4.79 Å². The highest BCUT2D eigenvalue weighted by Crippen LogP contribution is 2.20. The molecule has 2 aromatic carbocycles. The quantitative estimate of drug-likeness (QED) is 0.920. The van der Waals surface area contributed by atoms with Gasteiger partial charge in [0.1, 0.15) is 0 Å². The van der Waals surface area contributed by atoms with Crippen molar-refractivity contribution >= 4 is 18.3 Å². The molecule has 0 saturated carbocycles. The van der Waals surface area contributed by atoms with Crippen molar-refractivity contribution in [3.05, 3.63) is 60.2 Å². The highest BCUT2D eigenvalue weighted by Gasteiger charge is 2.21. The Morgan fingerprint density at radius 2 is 1.58 bits per heavy atom. The second kappa shape index (κ2) is 8.86. The first kappa shape index (κ1) is 18.5. The normalized spacial score (nSPS) is 14.7. The van der Waals surface area contributed by atoms with E-state index in [1.54, 1.807) is 0 Å². The van der Waals surface area contributed by atoms with Crippen LogP contribution in [0.15, 0.2) is 54.6 Å². The number of carbonyl (C=O) groups is 1. The molecular weight excluding hydrogens is 320 g/mol. The molecule has 1 fully saturated rings. The first-order chi connectivity index (χ1) is 11.2. The second-order valence-corrected chi connectivity index (χ2v) is 6.23. The Kier molecular flexibility index (Phi) is 6.83. The minimum atomic E-state index is 0. The molecule has 0 bridgehead atoms. The van der Waals surface area contributed by atoms with E-state index in [0.717, 1.165) is 31.5 Å². The molecule has 1 aliphatic heterocycles. The van der Waals surface area contributed by atoms with E-state index in [1.165, 1.54) is 11.1 Å². The van der Waals surface area contributed by atoms with E-state index in [-0.39, 0.29) is 18.3 Å². The van der Waals surface area contributed by atoms with E-state index in [4.69, 9.17) is 0 Å². The van der Waals surface area contributed by atoms with Gasteiger partial charge in [0, 0.05) is 13.1 Å². The number of hydrogen-bond acceptors (Lipinski definition) is 2. The molecule has 0 aromatic heterocycles. The molecule has 0 unspecified atom stereocenters. The predicted octanol–water partition coefficient (Wildman–Crippen LogP) is 3.53. The summed E-state index contributed by atoms with van der Waals surface area (Å²) in [5.41, 5.74) is 3.47. The lowest BCUT2D eigenvalue weighted by molar-refractivity contribution is -0.131. The molecule has 1 saturated heterocycles. The van der Waals surface area contributed by atoms with Crippen LogP contribution in [0.4, 0.5) is 0 Å². The first-order valence-corrected chi connectivity index (χ1v) is 8.35. The molecule has 3 nitrogen and oxygen atoms in total. The van der Waals surface area contributed by atoms with Crippen molar-refractivity contribution in [3.8, 4) is 11.1 Å². The summed E-state index contributed by atoms with van der Waals surface area (Å²) in [7, 11) is 1.94. The Hall–Kier alpha value is -1.84. The summed E-state index contributed by atoms with van der Waals surface area (Å²) in [5, 5.41) is 3.34. The minimum absolute atomic E-state index is 0. The van der Waals surface area contributed by atoms with E-state index in [2.05, 4.69) is 41.7 Å². The van der Waals surface area contributed by atoms with E-state index < -0.39 is 0 Å². The maximum atomic E-state index is 12.5. The molecule has 1 aliphatic rings. The number of rotatable bonds is 4. The van der Waals surface area contributed by atoms with Crippen LogP contribution in [0.1, 0.15) is 18.4 Å². The topological polar surface area (TPSA) is 32.3 Å². The van der Waals surface area contributed by atoms with Crippen LogP contribution in [0.5, 0.6) is 0 Å². The maximum Gasteiger partial charge on any atom is 0.226 e. The summed E-state index contributed by atoms with van der Waals surface area (Å²) in [5.74, 6) is 0.212. The lowest BCUT2D eigenvalue weighted by atomic mass is 10.0. The summed E-state index contributed by atoms with van der Waals surface area (Å²) in [4.78, 5) is 14.4. The Balaban J connectivity index is 0.00000208. The van der Waals surface area contributed by atoms with Gasteiger partial charge in [-0.25, -0.2) is 0 Å². The van der Waals surface area contributed by atoms with E-state index >= 15 is 0 Å². The van der Waals surface area contributed by atoms with Gasteiger partial charge in [-0.15, -0.1) is 12.4 Å². The number of hydrogen-bond donors (Lipinski definition) is 1. The third-order valence-electron chi connectivity index (χ3n) is 4.67. The molecule has 0 aliphatic carbocycles. The second-order valence-electron chi connectivity index (χ2n) is 6.23. The van der Waals surface area contributed by atoms with Gasteiger partial charge < -0.3 is 10.2 Å². The van der Waals surface area contributed by atoms with Crippen LogP contribution < -0.4 is 5.32 Å². The summed E-state index contributed by atoms with van der Waals surface area (Å²) in [6.45, 7) is 2.02. The van der Waals surface area contributed by atoms with Crippen molar-refractivity contribution in [2.45, 2.75) is 25.3 Å². The average Bonchev–Trinajstić information content (AvgIpc) is 2.63. The fourth-order valence-corrected chi connectivity index (χ4v) is 3.14. The Morgan fingerprint density at radius 3 is 2.21 bits per heavy atom. The number of nitrogens with zero attached hydrogens (tertiary/aromatic N) is 1. The number of halogens is 1. The van der Waals surface area contributed by atoms with Gasteiger partial charge in [0.15, 0.2) is 0 Å². The van der Waals surface area contributed by atoms with Crippen LogP contribution in [0, 0.1) is 0 Å². The zero-order valence-electron chi connectivity index (χ0n) is 14.1. The molecule has 1 N–H and O–H groups in total. The summed E-state index contributed by atoms with van der Waals surface area (Å²) < 4.78 is 0. The molecule has 128 valence electrons. The number of benzene rings is 2.